The molecule has 2 fully saturated rings. The molecule has 11 heteroatoms. The van der Waals surface area contributed by atoms with E-state index in [9.17, 15) is 14.3 Å². The standard InChI is InChI=1S/C32H37FN8O2/c1-3-13-40-30(42)26-16-34-31(37-29(26)41(40)27-9-4-23-10-11-32(2,43)28(23)36-27)35-24-5-7-25(8-6-24)39-19-21-15-22(20-39)18-38(17-21)14-12-33/h3-9,16,21-22,43H,1,10-15,17-20H2,2H3,(H,34,35,37)/t21?,22?,32-/m1/s1. The molecule has 2 saturated heterocycles. The third-order valence-electron chi connectivity index (χ3n) is 9.10. The van der Waals surface area contributed by atoms with Crippen molar-refractivity contribution in [2.24, 2.45) is 11.8 Å². The van der Waals surface area contributed by atoms with Crippen LogP contribution in [-0.4, -0.2) is 73.7 Å². The van der Waals surface area contributed by atoms with E-state index >= 15 is 0 Å². The molecule has 3 aromatic heterocycles. The first-order valence-corrected chi connectivity index (χ1v) is 15.1. The highest BCUT2D eigenvalue weighted by Crippen LogP contribution is 2.36. The van der Waals surface area contributed by atoms with Crippen molar-refractivity contribution in [2.45, 2.75) is 38.3 Å². The van der Waals surface area contributed by atoms with E-state index in [4.69, 9.17) is 9.97 Å². The first-order chi connectivity index (χ1) is 20.8. The van der Waals surface area contributed by atoms with Gasteiger partial charge >= 0.3 is 0 Å². The topological polar surface area (TPSA) is 104 Å². The number of benzene rings is 1. The van der Waals surface area contributed by atoms with Crippen LogP contribution >= 0.6 is 0 Å². The Balaban J connectivity index is 1.15. The number of nitrogens with zero attached hydrogens (tertiary/aromatic N) is 7. The summed E-state index contributed by atoms with van der Waals surface area (Å²) in [6.07, 6.45) is 5.79. The Morgan fingerprint density at radius 2 is 1.88 bits per heavy atom. The van der Waals surface area contributed by atoms with Crippen molar-refractivity contribution in [1.29, 1.82) is 0 Å². The molecule has 0 saturated carbocycles. The van der Waals surface area contributed by atoms with E-state index in [1.807, 2.05) is 24.3 Å². The summed E-state index contributed by atoms with van der Waals surface area (Å²) in [7, 11) is 0. The quantitative estimate of drug-likeness (QED) is 0.302. The zero-order valence-corrected chi connectivity index (χ0v) is 24.4. The maximum Gasteiger partial charge on any atom is 0.278 e. The summed E-state index contributed by atoms with van der Waals surface area (Å²) in [5.74, 6) is 1.99. The number of aromatic nitrogens is 5. The number of hydrogen-bond donors (Lipinski definition) is 2. The monoisotopic (exact) mass is 584 g/mol. The van der Waals surface area contributed by atoms with Crippen LogP contribution < -0.4 is 15.8 Å². The normalized spacial score (nSPS) is 23.5. The van der Waals surface area contributed by atoms with Crippen LogP contribution in [-0.2, 0) is 18.6 Å². The number of alkyl halides is 1. The van der Waals surface area contributed by atoms with E-state index in [1.165, 1.54) is 16.8 Å². The molecule has 43 heavy (non-hydrogen) atoms. The average Bonchev–Trinajstić information content (AvgIpc) is 3.45. The maximum atomic E-state index is 13.3. The highest BCUT2D eigenvalue weighted by Gasteiger charge is 2.35. The Labute approximate surface area is 249 Å². The van der Waals surface area contributed by atoms with Crippen LogP contribution in [0.2, 0.25) is 0 Å². The minimum absolute atomic E-state index is 0.237. The lowest BCUT2D eigenvalue weighted by Gasteiger charge is -2.46. The summed E-state index contributed by atoms with van der Waals surface area (Å²) in [4.78, 5) is 32.1. The Bertz CT molecular complexity index is 1720. The summed E-state index contributed by atoms with van der Waals surface area (Å²) in [5.41, 5.74) is 2.81. The van der Waals surface area contributed by atoms with Gasteiger partial charge in [-0.05, 0) is 73.9 Å². The number of aryl methyl sites for hydroxylation is 1. The van der Waals surface area contributed by atoms with Gasteiger partial charge in [0.05, 0.1) is 12.2 Å². The second-order valence-electron chi connectivity index (χ2n) is 12.4. The number of rotatable bonds is 8. The van der Waals surface area contributed by atoms with Crippen LogP contribution in [0.25, 0.3) is 16.9 Å². The van der Waals surface area contributed by atoms with Gasteiger partial charge in [0.1, 0.15) is 17.7 Å². The lowest BCUT2D eigenvalue weighted by Crippen LogP contribution is -2.53. The highest BCUT2D eigenvalue weighted by molar-refractivity contribution is 5.77. The fourth-order valence-electron chi connectivity index (χ4n) is 7.15. The fourth-order valence-corrected chi connectivity index (χ4v) is 7.15. The van der Waals surface area contributed by atoms with E-state index < -0.39 is 5.60 Å². The molecule has 0 radical (unpaired) electrons. The summed E-state index contributed by atoms with van der Waals surface area (Å²) in [6.45, 7) is 10.0. The Kier molecular flexibility index (Phi) is 7.01. The fraction of sp³-hybridized carbons (Fsp3) is 0.438. The number of hydrogen-bond acceptors (Lipinski definition) is 8. The second-order valence-corrected chi connectivity index (χ2v) is 12.4. The molecule has 3 aliphatic rings. The van der Waals surface area contributed by atoms with Gasteiger partial charge in [-0.3, -0.25) is 4.79 Å². The molecule has 7 rings (SSSR count). The molecule has 3 atom stereocenters. The second kappa shape index (κ2) is 10.9. The van der Waals surface area contributed by atoms with E-state index in [0.717, 1.165) is 43.9 Å². The Morgan fingerprint density at radius 1 is 1.12 bits per heavy atom. The minimum atomic E-state index is -1.02. The molecule has 0 spiro atoms. The number of aliphatic hydroxyl groups is 1. The van der Waals surface area contributed by atoms with Crippen molar-refractivity contribution < 1.29 is 9.50 Å². The lowest BCUT2D eigenvalue weighted by molar-refractivity contribution is 0.0553. The number of nitrogens with one attached hydrogen (secondary N) is 1. The molecule has 1 aromatic carbocycles. The Hall–Kier alpha value is -4.09. The van der Waals surface area contributed by atoms with E-state index in [0.29, 0.717) is 53.3 Å². The van der Waals surface area contributed by atoms with Crippen molar-refractivity contribution >= 4 is 28.4 Å². The number of fused-ring (bicyclic) bond motifs is 4. The van der Waals surface area contributed by atoms with Gasteiger partial charge in [0, 0.05) is 50.3 Å². The van der Waals surface area contributed by atoms with Gasteiger partial charge in [0.15, 0.2) is 11.5 Å². The predicted molar refractivity (Wildman–Crippen MR) is 165 cm³/mol. The number of piperidine rings is 2. The molecule has 2 aliphatic heterocycles. The van der Waals surface area contributed by atoms with E-state index in [2.05, 4.69) is 38.8 Å². The van der Waals surface area contributed by atoms with Crippen molar-refractivity contribution in [3.63, 3.8) is 0 Å². The molecule has 2 N–H and O–H groups in total. The van der Waals surface area contributed by atoms with Crippen LogP contribution in [0.15, 0.2) is 60.0 Å². The van der Waals surface area contributed by atoms with Gasteiger partial charge in [0.2, 0.25) is 5.95 Å². The molecule has 2 unspecified atom stereocenters. The first kappa shape index (κ1) is 27.7. The zero-order valence-electron chi connectivity index (χ0n) is 24.4. The van der Waals surface area contributed by atoms with Gasteiger partial charge in [-0.1, -0.05) is 12.1 Å². The van der Waals surface area contributed by atoms with Gasteiger partial charge in [-0.2, -0.15) is 4.98 Å². The third-order valence-corrected chi connectivity index (χ3v) is 9.10. The van der Waals surface area contributed by atoms with Crippen LogP contribution in [0.1, 0.15) is 31.0 Å². The highest BCUT2D eigenvalue weighted by atomic mass is 19.1. The average molecular weight is 585 g/mol. The Morgan fingerprint density at radius 3 is 2.60 bits per heavy atom. The molecule has 224 valence electrons. The largest absolute Gasteiger partial charge is 0.384 e. The minimum Gasteiger partial charge on any atom is -0.384 e. The maximum absolute atomic E-state index is 13.3. The number of likely N-dealkylation sites (tertiary alicyclic amines) is 1. The molecule has 4 aromatic rings. The number of allylic oxidation sites excluding steroid dienone is 1. The third kappa shape index (κ3) is 5.10. The zero-order chi connectivity index (χ0) is 29.7. The van der Waals surface area contributed by atoms with Gasteiger partial charge < -0.3 is 20.2 Å². The molecular formula is C32H37FN8O2. The SMILES string of the molecule is C=CCn1c(=O)c2cnc(Nc3ccc(N4CC5CC(CN(CCF)C5)C4)cc3)nc2n1-c1ccc2c(n1)[C@](C)(O)CC2. The van der Waals surface area contributed by atoms with Crippen molar-refractivity contribution in [2.75, 3.05) is 49.6 Å². The van der Waals surface area contributed by atoms with E-state index in [1.54, 1.807) is 23.9 Å². The van der Waals surface area contributed by atoms with E-state index in [-0.39, 0.29) is 18.8 Å². The van der Waals surface area contributed by atoms with Crippen LogP contribution in [0.4, 0.5) is 21.7 Å². The predicted octanol–water partition coefficient (Wildman–Crippen LogP) is 3.79. The van der Waals surface area contributed by atoms with Gasteiger partial charge in [0.25, 0.3) is 5.56 Å². The number of anilines is 3. The summed E-state index contributed by atoms with van der Waals surface area (Å²) in [6, 6.07) is 12.1. The van der Waals surface area contributed by atoms with Crippen LogP contribution in [0.5, 0.6) is 0 Å². The van der Waals surface area contributed by atoms with Crippen LogP contribution in [0, 0.1) is 11.8 Å². The van der Waals surface area contributed by atoms with Crippen molar-refractivity contribution in [1.82, 2.24) is 29.2 Å². The van der Waals surface area contributed by atoms with Gasteiger partial charge in [-0.15, -0.1) is 6.58 Å². The van der Waals surface area contributed by atoms with Crippen molar-refractivity contribution in [3.05, 3.63) is 76.9 Å². The summed E-state index contributed by atoms with van der Waals surface area (Å²) < 4.78 is 16.1. The molecule has 10 nitrogen and oxygen atoms in total. The molecular weight excluding hydrogens is 547 g/mol. The smallest absolute Gasteiger partial charge is 0.278 e. The van der Waals surface area contributed by atoms with Crippen molar-refractivity contribution in [3.8, 4) is 5.82 Å². The lowest BCUT2D eigenvalue weighted by atomic mass is 9.84. The molecule has 2 bridgehead atoms. The summed E-state index contributed by atoms with van der Waals surface area (Å²) in [5, 5.41) is 14.5. The summed E-state index contributed by atoms with van der Waals surface area (Å²) >= 11 is 0. The number of halogens is 1. The van der Waals surface area contributed by atoms with Gasteiger partial charge in [-0.25, -0.2) is 23.7 Å². The molecule has 0 amide bonds. The number of pyridine rings is 1. The molecule has 5 heterocycles. The molecule has 1 aliphatic carbocycles. The van der Waals surface area contributed by atoms with Crippen LogP contribution in [0.3, 0.4) is 0 Å². The first-order valence-electron chi connectivity index (χ1n) is 15.1.